The predicted molar refractivity (Wildman–Crippen MR) is 89.9 cm³/mol. The summed E-state index contributed by atoms with van der Waals surface area (Å²) in [5, 5.41) is 4.19. The van der Waals surface area contributed by atoms with Crippen molar-refractivity contribution in [3.05, 3.63) is 47.1 Å². The molecule has 4 rings (SSSR count). The van der Waals surface area contributed by atoms with Crippen LogP contribution in [0, 0.1) is 6.92 Å². The monoisotopic (exact) mass is 325 g/mol. The summed E-state index contributed by atoms with van der Waals surface area (Å²) in [5.41, 5.74) is 1.91. The third-order valence-corrected chi connectivity index (χ3v) is 5.30. The van der Waals surface area contributed by atoms with E-state index < -0.39 is 0 Å². The molecule has 2 aromatic rings. The smallest absolute Gasteiger partial charge is 0.253 e. The van der Waals surface area contributed by atoms with Crippen molar-refractivity contribution in [1.29, 1.82) is 0 Å². The molecule has 1 saturated carbocycles. The van der Waals surface area contributed by atoms with E-state index in [4.69, 9.17) is 4.52 Å². The molecule has 1 aliphatic carbocycles. The van der Waals surface area contributed by atoms with Crippen LogP contribution in [0.25, 0.3) is 0 Å². The summed E-state index contributed by atoms with van der Waals surface area (Å²) in [5.74, 6) is 2.30. The second kappa shape index (κ2) is 6.38. The third kappa shape index (κ3) is 2.95. The molecule has 1 aromatic heterocycles. The molecule has 1 aliphatic heterocycles. The minimum atomic E-state index is 0.0908. The molecule has 0 N–H and O–H groups in total. The van der Waals surface area contributed by atoms with Crippen LogP contribution in [0.2, 0.25) is 0 Å². The highest BCUT2D eigenvalue weighted by molar-refractivity contribution is 5.94. The van der Waals surface area contributed by atoms with Crippen LogP contribution in [-0.2, 0) is 0 Å². The molecule has 2 aliphatic rings. The molecule has 1 atom stereocenters. The molecule has 5 heteroatoms. The Morgan fingerprint density at radius 2 is 1.88 bits per heavy atom. The Labute approximate surface area is 142 Å². The predicted octanol–water partition coefficient (Wildman–Crippen LogP) is 3.67. The number of aryl methyl sites for hydroxylation is 1. The van der Waals surface area contributed by atoms with E-state index in [0.717, 1.165) is 29.9 Å². The minimum absolute atomic E-state index is 0.0908. The lowest BCUT2D eigenvalue weighted by molar-refractivity contribution is 0.0789. The highest BCUT2D eigenvalue weighted by Gasteiger charge is 2.32. The van der Waals surface area contributed by atoms with E-state index in [9.17, 15) is 4.79 Å². The molecule has 1 amide bonds. The second-order valence-electron chi connectivity index (χ2n) is 7.07. The number of amides is 1. The third-order valence-electron chi connectivity index (χ3n) is 5.30. The van der Waals surface area contributed by atoms with E-state index in [0.29, 0.717) is 18.4 Å². The first-order valence-electron chi connectivity index (χ1n) is 8.90. The number of benzene rings is 1. The van der Waals surface area contributed by atoms with Gasteiger partial charge in [-0.2, -0.15) is 4.98 Å². The summed E-state index contributed by atoms with van der Waals surface area (Å²) in [6.45, 7) is 3.44. The van der Waals surface area contributed by atoms with Crippen molar-refractivity contribution in [2.75, 3.05) is 13.1 Å². The molecule has 1 saturated heterocycles. The van der Waals surface area contributed by atoms with Gasteiger partial charge in [0.05, 0.1) is 5.92 Å². The number of rotatable bonds is 3. The average molecular weight is 325 g/mol. The summed E-state index contributed by atoms with van der Waals surface area (Å²) in [6, 6.07) is 7.76. The standard InChI is InChI=1S/C19H23N3O2/c1-13-6-8-15(9-7-13)19(23)22-11-10-16(12-22)18-20-17(21-24-18)14-4-2-3-5-14/h6-9,14,16H,2-5,10-12H2,1H3. The fourth-order valence-electron chi connectivity index (χ4n) is 3.79. The Morgan fingerprint density at radius 3 is 2.62 bits per heavy atom. The van der Waals surface area contributed by atoms with Gasteiger partial charge in [-0.3, -0.25) is 4.79 Å². The number of aromatic nitrogens is 2. The Kier molecular flexibility index (Phi) is 4.08. The van der Waals surface area contributed by atoms with Crippen LogP contribution in [0.3, 0.4) is 0 Å². The molecule has 2 heterocycles. The van der Waals surface area contributed by atoms with Crippen molar-refractivity contribution in [2.24, 2.45) is 0 Å². The SMILES string of the molecule is Cc1ccc(C(=O)N2CCC(c3nc(C4CCCC4)no3)C2)cc1. The lowest BCUT2D eigenvalue weighted by Crippen LogP contribution is -2.28. The minimum Gasteiger partial charge on any atom is -0.339 e. The molecule has 5 nitrogen and oxygen atoms in total. The highest BCUT2D eigenvalue weighted by Crippen LogP contribution is 2.34. The summed E-state index contributed by atoms with van der Waals surface area (Å²) < 4.78 is 5.51. The van der Waals surface area contributed by atoms with Gasteiger partial charge in [-0.15, -0.1) is 0 Å². The quantitative estimate of drug-likeness (QED) is 0.864. The van der Waals surface area contributed by atoms with Crippen LogP contribution >= 0.6 is 0 Å². The molecule has 0 bridgehead atoms. The lowest BCUT2D eigenvalue weighted by atomic mass is 10.1. The number of hydrogen-bond donors (Lipinski definition) is 0. The molecule has 126 valence electrons. The van der Waals surface area contributed by atoms with Crippen LogP contribution in [-0.4, -0.2) is 34.0 Å². The number of carbonyl (C=O) groups excluding carboxylic acids is 1. The Morgan fingerprint density at radius 1 is 1.12 bits per heavy atom. The van der Waals surface area contributed by atoms with Gasteiger partial charge in [0, 0.05) is 24.6 Å². The van der Waals surface area contributed by atoms with E-state index in [-0.39, 0.29) is 11.8 Å². The van der Waals surface area contributed by atoms with Crippen LogP contribution in [0.15, 0.2) is 28.8 Å². The molecular formula is C19H23N3O2. The van der Waals surface area contributed by atoms with Crippen molar-refractivity contribution >= 4 is 5.91 Å². The molecule has 2 fully saturated rings. The van der Waals surface area contributed by atoms with Crippen LogP contribution in [0.5, 0.6) is 0 Å². The summed E-state index contributed by atoms with van der Waals surface area (Å²) >= 11 is 0. The first-order valence-corrected chi connectivity index (χ1v) is 8.90. The van der Waals surface area contributed by atoms with Crippen LogP contribution < -0.4 is 0 Å². The maximum atomic E-state index is 12.6. The van der Waals surface area contributed by atoms with E-state index in [2.05, 4.69) is 10.1 Å². The van der Waals surface area contributed by atoms with Gasteiger partial charge in [0.2, 0.25) is 5.89 Å². The van der Waals surface area contributed by atoms with Gasteiger partial charge < -0.3 is 9.42 Å². The van der Waals surface area contributed by atoms with Crippen LogP contribution in [0.4, 0.5) is 0 Å². The number of hydrogen-bond acceptors (Lipinski definition) is 4. The number of likely N-dealkylation sites (tertiary alicyclic amines) is 1. The molecule has 1 aromatic carbocycles. The Balaban J connectivity index is 1.42. The maximum Gasteiger partial charge on any atom is 0.253 e. The van der Waals surface area contributed by atoms with Crippen molar-refractivity contribution in [3.8, 4) is 0 Å². The van der Waals surface area contributed by atoms with Crippen molar-refractivity contribution in [3.63, 3.8) is 0 Å². The van der Waals surface area contributed by atoms with Gasteiger partial charge in [0.1, 0.15) is 0 Å². The number of nitrogens with zero attached hydrogens (tertiary/aromatic N) is 3. The van der Waals surface area contributed by atoms with E-state index in [1.54, 1.807) is 0 Å². The molecule has 0 spiro atoms. The van der Waals surface area contributed by atoms with E-state index in [1.165, 1.54) is 25.7 Å². The molecular weight excluding hydrogens is 302 g/mol. The van der Waals surface area contributed by atoms with E-state index >= 15 is 0 Å². The fourth-order valence-corrected chi connectivity index (χ4v) is 3.79. The van der Waals surface area contributed by atoms with Gasteiger partial charge in [-0.1, -0.05) is 35.7 Å². The average Bonchev–Trinajstić information content (AvgIpc) is 3.33. The van der Waals surface area contributed by atoms with Crippen molar-refractivity contribution in [1.82, 2.24) is 15.0 Å². The van der Waals surface area contributed by atoms with Crippen molar-refractivity contribution < 1.29 is 9.32 Å². The van der Waals surface area contributed by atoms with Crippen molar-refractivity contribution in [2.45, 2.75) is 50.9 Å². The van der Waals surface area contributed by atoms with Gasteiger partial charge in [-0.25, -0.2) is 0 Å². The van der Waals surface area contributed by atoms with E-state index in [1.807, 2.05) is 36.1 Å². The largest absolute Gasteiger partial charge is 0.339 e. The normalized spacial score (nSPS) is 21.5. The first kappa shape index (κ1) is 15.4. The fraction of sp³-hybridized carbons (Fsp3) is 0.526. The second-order valence-corrected chi connectivity index (χ2v) is 7.07. The molecule has 1 unspecified atom stereocenters. The summed E-state index contributed by atoms with van der Waals surface area (Å²) in [4.78, 5) is 19.1. The Bertz CT molecular complexity index is 716. The zero-order valence-corrected chi connectivity index (χ0v) is 14.1. The summed E-state index contributed by atoms with van der Waals surface area (Å²) in [7, 11) is 0. The summed E-state index contributed by atoms with van der Waals surface area (Å²) in [6.07, 6.45) is 5.75. The lowest BCUT2D eigenvalue weighted by Gasteiger charge is -2.15. The van der Waals surface area contributed by atoms with Gasteiger partial charge in [0.15, 0.2) is 5.82 Å². The zero-order chi connectivity index (χ0) is 16.5. The topological polar surface area (TPSA) is 59.2 Å². The van der Waals surface area contributed by atoms with Gasteiger partial charge >= 0.3 is 0 Å². The highest BCUT2D eigenvalue weighted by atomic mass is 16.5. The van der Waals surface area contributed by atoms with Gasteiger partial charge in [-0.05, 0) is 38.3 Å². The van der Waals surface area contributed by atoms with Crippen LogP contribution in [0.1, 0.15) is 71.6 Å². The zero-order valence-electron chi connectivity index (χ0n) is 14.1. The Hall–Kier alpha value is -2.17. The van der Waals surface area contributed by atoms with Gasteiger partial charge in [0.25, 0.3) is 5.91 Å². The first-order chi connectivity index (χ1) is 11.7. The maximum absolute atomic E-state index is 12.6. The molecule has 0 radical (unpaired) electrons. The number of carbonyl (C=O) groups is 1. The molecule has 24 heavy (non-hydrogen) atoms.